The maximum Gasteiger partial charge on any atom is 0.159 e. The fraction of sp³-hybridized carbons (Fsp3) is 0.500. The van der Waals surface area contributed by atoms with E-state index in [4.69, 9.17) is 0 Å². The number of benzene rings is 1. The van der Waals surface area contributed by atoms with Gasteiger partial charge in [0, 0.05) is 15.7 Å². The summed E-state index contributed by atoms with van der Waals surface area (Å²) in [5, 5.41) is 10.4. The highest BCUT2D eigenvalue weighted by Crippen LogP contribution is 2.37. The average molecular weight is 304 g/mol. The number of allylic oxidation sites excluding steroid dienone is 1. The van der Waals surface area contributed by atoms with Gasteiger partial charge in [0.15, 0.2) is 5.78 Å². The van der Waals surface area contributed by atoms with Crippen LogP contribution >= 0.6 is 11.8 Å². The minimum atomic E-state index is -0.186. The molecule has 2 rings (SSSR count). The maximum absolute atomic E-state index is 11.6. The molecule has 21 heavy (non-hydrogen) atoms. The molecule has 3 heteroatoms. The van der Waals surface area contributed by atoms with Gasteiger partial charge < -0.3 is 5.11 Å². The normalized spacial score (nSPS) is 22.6. The van der Waals surface area contributed by atoms with Crippen LogP contribution in [0.25, 0.3) is 5.57 Å². The molecular formula is C18H24O2S. The summed E-state index contributed by atoms with van der Waals surface area (Å²) in [5.74, 6) is 0.0889. The van der Waals surface area contributed by atoms with Crippen LogP contribution in [0.1, 0.15) is 61.9 Å². The summed E-state index contributed by atoms with van der Waals surface area (Å²) in [6.07, 6.45) is 4.97. The van der Waals surface area contributed by atoms with Crippen LogP contribution in [0.2, 0.25) is 0 Å². The highest BCUT2D eigenvalue weighted by atomic mass is 32.2. The number of carbonyl (C=O) groups is 1. The van der Waals surface area contributed by atoms with E-state index in [1.807, 2.05) is 25.1 Å². The summed E-state index contributed by atoms with van der Waals surface area (Å²) in [6, 6.07) is 5.85. The molecule has 1 unspecified atom stereocenters. The molecule has 1 aliphatic carbocycles. The van der Waals surface area contributed by atoms with Gasteiger partial charge in [0.1, 0.15) is 0 Å². The Bertz CT molecular complexity index is 536. The zero-order chi connectivity index (χ0) is 15.4. The van der Waals surface area contributed by atoms with Crippen LogP contribution in [-0.2, 0) is 0 Å². The van der Waals surface area contributed by atoms with Crippen LogP contribution in [0, 0.1) is 0 Å². The van der Waals surface area contributed by atoms with Crippen molar-refractivity contribution in [2.45, 2.75) is 62.2 Å². The Balaban J connectivity index is 2.25. The van der Waals surface area contributed by atoms with E-state index in [1.165, 1.54) is 6.42 Å². The average Bonchev–Trinajstić information content (AvgIpc) is 2.62. The third kappa shape index (κ3) is 4.45. The minimum Gasteiger partial charge on any atom is -0.393 e. The third-order valence-electron chi connectivity index (χ3n) is 3.99. The number of aliphatic hydroxyl groups excluding tert-OH is 1. The van der Waals surface area contributed by atoms with E-state index in [9.17, 15) is 9.90 Å². The lowest BCUT2D eigenvalue weighted by Crippen LogP contribution is -2.12. The fourth-order valence-electron chi connectivity index (χ4n) is 2.77. The molecule has 2 nitrogen and oxygen atoms in total. The topological polar surface area (TPSA) is 37.3 Å². The van der Waals surface area contributed by atoms with Crippen molar-refractivity contribution in [3.63, 3.8) is 0 Å². The zero-order valence-electron chi connectivity index (χ0n) is 12.9. The zero-order valence-corrected chi connectivity index (χ0v) is 13.7. The second kappa shape index (κ2) is 7.28. The highest BCUT2D eigenvalue weighted by molar-refractivity contribution is 8.00. The first-order chi connectivity index (χ1) is 9.97. The summed E-state index contributed by atoms with van der Waals surface area (Å²) < 4.78 is 0. The summed E-state index contributed by atoms with van der Waals surface area (Å²) in [6.45, 7) is 7.63. The quantitative estimate of drug-likeness (QED) is 0.646. The number of Topliss-reactive ketones (excluding diaryl/α,β-unsaturated/α-hetero) is 1. The van der Waals surface area contributed by atoms with Gasteiger partial charge in [0.25, 0.3) is 0 Å². The van der Waals surface area contributed by atoms with E-state index < -0.39 is 0 Å². The predicted molar refractivity (Wildman–Crippen MR) is 89.9 cm³/mol. The number of aliphatic hydroxyl groups is 1. The number of hydrogen-bond donors (Lipinski definition) is 1. The summed E-state index contributed by atoms with van der Waals surface area (Å²) >= 11 is 1.80. The first kappa shape index (κ1) is 16.3. The lowest BCUT2D eigenvalue weighted by molar-refractivity contribution is 0.101. The van der Waals surface area contributed by atoms with Gasteiger partial charge in [0.05, 0.1) is 6.10 Å². The molecule has 1 N–H and O–H groups in total. The summed E-state index contributed by atoms with van der Waals surface area (Å²) in [4.78, 5) is 12.7. The van der Waals surface area contributed by atoms with Crippen LogP contribution in [0.15, 0.2) is 29.7 Å². The molecule has 0 spiro atoms. The molecule has 0 saturated heterocycles. The number of thioether (sulfide) groups is 1. The van der Waals surface area contributed by atoms with Crippen molar-refractivity contribution in [2.75, 3.05) is 0 Å². The molecule has 0 amide bonds. The molecule has 0 radical (unpaired) electrons. The Morgan fingerprint density at radius 3 is 2.67 bits per heavy atom. The predicted octanol–water partition coefficient (Wildman–Crippen LogP) is 4.71. The first-order valence-corrected chi connectivity index (χ1v) is 8.51. The van der Waals surface area contributed by atoms with Gasteiger partial charge in [-0.15, -0.1) is 11.8 Å². The Morgan fingerprint density at radius 1 is 1.29 bits per heavy atom. The van der Waals surface area contributed by atoms with E-state index in [0.717, 1.165) is 47.3 Å². The Hall–Kier alpha value is -1.06. The van der Waals surface area contributed by atoms with E-state index in [0.29, 0.717) is 5.25 Å². The largest absolute Gasteiger partial charge is 0.393 e. The van der Waals surface area contributed by atoms with Crippen molar-refractivity contribution >= 4 is 23.1 Å². The van der Waals surface area contributed by atoms with Crippen LogP contribution in [-0.4, -0.2) is 22.2 Å². The molecule has 1 aromatic rings. The fourth-order valence-corrected chi connectivity index (χ4v) is 4.30. The smallest absolute Gasteiger partial charge is 0.159 e. The van der Waals surface area contributed by atoms with E-state index in [-0.39, 0.29) is 11.9 Å². The van der Waals surface area contributed by atoms with Crippen molar-refractivity contribution < 1.29 is 9.90 Å². The van der Waals surface area contributed by atoms with Crippen LogP contribution in [0.4, 0.5) is 0 Å². The van der Waals surface area contributed by atoms with Gasteiger partial charge in [-0.05, 0) is 50.3 Å². The molecule has 114 valence electrons. The lowest BCUT2D eigenvalue weighted by atomic mass is 10.0. The van der Waals surface area contributed by atoms with Crippen molar-refractivity contribution in [1.82, 2.24) is 0 Å². The first-order valence-electron chi connectivity index (χ1n) is 7.63. The molecule has 2 atom stereocenters. The standard InChI is InChI=1S/C18H24O2S/c1-12(2)17-9-8-14(13(3)19)10-18(17)21-16-7-5-4-6-15(20)11-16/h8-10,15-16,20H,1,4-7,11H2,2-3H3/t15-,16?/m1/s1. The maximum atomic E-state index is 11.6. The van der Waals surface area contributed by atoms with Gasteiger partial charge >= 0.3 is 0 Å². The monoisotopic (exact) mass is 304 g/mol. The number of hydrogen-bond acceptors (Lipinski definition) is 3. The minimum absolute atomic E-state index is 0.0889. The van der Waals surface area contributed by atoms with E-state index >= 15 is 0 Å². The molecule has 1 saturated carbocycles. The van der Waals surface area contributed by atoms with E-state index in [1.54, 1.807) is 18.7 Å². The second-order valence-corrected chi connectivity index (χ2v) is 7.30. The summed E-state index contributed by atoms with van der Waals surface area (Å²) in [7, 11) is 0. The molecule has 0 bridgehead atoms. The lowest BCUT2D eigenvalue weighted by Gasteiger charge is -2.19. The Morgan fingerprint density at radius 2 is 2.00 bits per heavy atom. The molecule has 0 aliphatic heterocycles. The molecule has 0 heterocycles. The molecule has 1 fully saturated rings. The molecule has 1 aliphatic rings. The van der Waals surface area contributed by atoms with Crippen LogP contribution in [0.5, 0.6) is 0 Å². The molecular weight excluding hydrogens is 280 g/mol. The number of carbonyl (C=O) groups excluding carboxylic acids is 1. The van der Waals surface area contributed by atoms with E-state index in [2.05, 4.69) is 6.58 Å². The van der Waals surface area contributed by atoms with Crippen LogP contribution in [0.3, 0.4) is 0 Å². The van der Waals surface area contributed by atoms with Crippen molar-refractivity contribution in [2.24, 2.45) is 0 Å². The van der Waals surface area contributed by atoms with Crippen molar-refractivity contribution in [1.29, 1.82) is 0 Å². The molecule has 0 aromatic heterocycles. The molecule has 1 aromatic carbocycles. The van der Waals surface area contributed by atoms with Crippen LogP contribution < -0.4 is 0 Å². The Labute approximate surface area is 131 Å². The van der Waals surface area contributed by atoms with Crippen molar-refractivity contribution in [3.05, 3.63) is 35.9 Å². The second-order valence-electron chi connectivity index (χ2n) is 5.96. The Kier molecular flexibility index (Phi) is 5.65. The van der Waals surface area contributed by atoms with Gasteiger partial charge in [-0.25, -0.2) is 0 Å². The number of ketones is 1. The third-order valence-corrected chi connectivity index (χ3v) is 5.34. The number of rotatable bonds is 4. The summed E-state index contributed by atoms with van der Waals surface area (Å²) in [5.41, 5.74) is 2.88. The SMILES string of the molecule is C=C(C)c1ccc(C(C)=O)cc1SC1CCCC[C@@H](O)C1. The van der Waals surface area contributed by atoms with Gasteiger partial charge in [-0.1, -0.05) is 31.6 Å². The van der Waals surface area contributed by atoms with Crippen molar-refractivity contribution in [3.8, 4) is 0 Å². The van der Waals surface area contributed by atoms with Gasteiger partial charge in [0.2, 0.25) is 0 Å². The highest BCUT2D eigenvalue weighted by Gasteiger charge is 2.21. The van der Waals surface area contributed by atoms with Gasteiger partial charge in [-0.2, -0.15) is 0 Å². The van der Waals surface area contributed by atoms with Gasteiger partial charge in [-0.3, -0.25) is 4.79 Å².